The maximum atomic E-state index is 12.0. The van der Waals surface area contributed by atoms with Crippen molar-refractivity contribution in [3.8, 4) is 0 Å². The lowest BCUT2D eigenvalue weighted by molar-refractivity contribution is -0.140. The summed E-state index contributed by atoms with van der Waals surface area (Å²) in [5.41, 5.74) is 0. The number of hydrogen-bond acceptors (Lipinski definition) is 3. The largest absolute Gasteiger partial charge is 0.468 e. The van der Waals surface area contributed by atoms with E-state index in [4.69, 9.17) is 11.6 Å². The minimum Gasteiger partial charge on any atom is -0.468 e. The van der Waals surface area contributed by atoms with Gasteiger partial charge in [0.25, 0.3) is 0 Å². The van der Waals surface area contributed by atoms with Gasteiger partial charge in [-0.05, 0) is 12.8 Å². The molecule has 5 heteroatoms. The second-order valence-corrected chi connectivity index (χ2v) is 5.30. The highest BCUT2D eigenvalue weighted by molar-refractivity contribution is 6.30. The summed E-state index contributed by atoms with van der Waals surface area (Å²) in [6, 6.07) is 0. The molecule has 1 amide bonds. The van der Waals surface area contributed by atoms with E-state index in [1.807, 2.05) is 0 Å². The number of halogens is 1. The van der Waals surface area contributed by atoms with Crippen molar-refractivity contribution in [1.82, 2.24) is 5.32 Å². The molecule has 0 saturated heterocycles. The lowest BCUT2D eigenvalue weighted by Crippen LogP contribution is -2.37. The maximum absolute atomic E-state index is 12.0. The van der Waals surface area contributed by atoms with Gasteiger partial charge in [0.1, 0.15) is 5.38 Å². The Morgan fingerprint density at radius 3 is 2.33 bits per heavy atom. The zero-order chi connectivity index (χ0) is 13.4. The molecule has 0 spiro atoms. The maximum Gasteiger partial charge on any atom is 0.325 e. The van der Waals surface area contributed by atoms with Gasteiger partial charge in [-0.1, -0.05) is 32.1 Å². The number of esters is 1. The van der Waals surface area contributed by atoms with Gasteiger partial charge in [-0.25, -0.2) is 0 Å². The number of carbonyl (C=O) groups excluding carboxylic acids is 2. The summed E-state index contributed by atoms with van der Waals surface area (Å²) in [5, 5.41) is 1.95. The number of ether oxygens (including phenoxy) is 1. The van der Waals surface area contributed by atoms with Crippen LogP contribution in [0.2, 0.25) is 0 Å². The molecule has 0 aromatic carbocycles. The van der Waals surface area contributed by atoms with Gasteiger partial charge < -0.3 is 10.1 Å². The first-order chi connectivity index (χ1) is 8.65. The van der Waals surface area contributed by atoms with E-state index < -0.39 is 11.3 Å². The van der Waals surface area contributed by atoms with Crippen molar-refractivity contribution in [3.63, 3.8) is 0 Å². The highest BCUT2D eigenvalue weighted by Gasteiger charge is 2.22. The first kappa shape index (κ1) is 15.3. The number of rotatable bonds is 4. The highest BCUT2D eigenvalue weighted by Crippen LogP contribution is 2.22. The van der Waals surface area contributed by atoms with Crippen LogP contribution in [0.1, 0.15) is 44.9 Å². The minimum absolute atomic E-state index is 0.0199. The molecular formula is C13H22ClNO3. The number of methoxy groups -OCH3 is 1. The van der Waals surface area contributed by atoms with E-state index >= 15 is 0 Å². The minimum atomic E-state index is -0.799. The van der Waals surface area contributed by atoms with E-state index in [2.05, 4.69) is 10.1 Å². The van der Waals surface area contributed by atoms with Gasteiger partial charge in [0.05, 0.1) is 7.11 Å². The molecular weight excluding hydrogens is 254 g/mol. The molecule has 0 radical (unpaired) electrons. The van der Waals surface area contributed by atoms with Crippen molar-refractivity contribution >= 4 is 23.5 Å². The molecule has 4 nitrogen and oxygen atoms in total. The molecule has 1 saturated carbocycles. The van der Waals surface area contributed by atoms with Crippen LogP contribution in [0.25, 0.3) is 0 Å². The molecule has 104 valence electrons. The summed E-state index contributed by atoms with van der Waals surface area (Å²) in [5.74, 6) is -0.409. The average molecular weight is 276 g/mol. The zero-order valence-electron chi connectivity index (χ0n) is 10.9. The summed E-state index contributed by atoms with van der Waals surface area (Å²) in [7, 11) is 1.29. The smallest absolute Gasteiger partial charge is 0.325 e. The van der Waals surface area contributed by atoms with Gasteiger partial charge in [0.15, 0.2) is 0 Å². The first-order valence-corrected chi connectivity index (χ1v) is 7.08. The number of alkyl halides is 1. The third-order valence-corrected chi connectivity index (χ3v) is 3.72. The highest BCUT2D eigenvalue weighted by atomic mass is 35.5. The lowest BCUT2D eigenvalue weighted by atomic mass is 9.90. The van der Waals surface area contributed by atoms with Crippen LogP contribution in [0.15, 0.2) is 0 Å². The molecule has 1 aliphatic rings. The Balaban J connectivity index is 2.32. The van der Waals surface area contributed by atoms with Gasteiger partial charge in [-0.15, -0.1) is 11.6 Å². The topological polar surface area (TPSA) is 55.4 Å². The summed E-state index contributed by atoms with van der Waals surface area (Å²) >= 11 is 5.78. The average Bonchev–Trinajstić information content (AvgIpc) is 2.34. The van der Waals surface area contributed by atoms with E-state index in [0.29, 0.717) is 0 Å². The van der Waals surface area contributed by atoms with Crippen LogP contribution in [0.4, 0.5) is 0 Å². The molecule has 0 bridgehead atoms. The quantitative estimate of drug-likeness (QED) is 0.632. The third kappa shape index (κ3) is 5.25. The van der Waals surface area contributed by atoms with Crippen molar-refractivity contribution in [3.05, 3.63) is 0 Å². The number of nitrogens with one attached hydrogen (secondary N) is 1. The van der Waals surface area contributed by atoms with E-state index in [1.165, 1.54) is 26.4 Å². The molecule has 0 aliphatic heterocycles. The fourth-order valence-electron chi connectivity index (χ4n) is 2.26. The number of hydrogen-bond donors (Lipinski definition) is 1. The molecule has 1 fully saturated rings. The summed E-state index contributed by atoms with van der Waals surface area (Å²) in [6.07, 6.45) is 7.81. The van der Waals surface area contributed by atoms with Crippen LogP contribution in [0.5, 0.6) is 0 Å². The lowest BCUT2D eigenvalue weighted by Gasteiger charge is -2.19. The van der Waals surface area contributed by atoms with Crippen LogP contribution in [-0.4, -0.2) is 30.9 Å². The molecule has 0 aromatic rings. The number of amides is 1. The van der Waals surface area contributed by atoms with Crippen molar-refractivity contribution < 1.29 is 14.3 Å². The van der Waals surface area contributed by atoms with Crippen LogP contribution in [0.3, 0.4) is 0 Å². The first-order valence-electron chi connectivity index (χ1n) is 6.64. The molecule has 0 heterocycles. The van der Waals surface area contributed by atoms with Crippen LogP contribution in [0, 0.1) is 5.92 Å². The molecule has 18 heavy (non-hydrogen) atoms. The predicted molar refractivity (Wildman–Crippen MR) is 70.5 cm³/mol. The van der Waals surface area contributed by atoms with Crippen molar-refractivity contribution in [1.29, 1.82) is 0 Å². The fourth-order valence-corrected chi connectivity index (χ4v) is 2.43. The fraction of sp³-hybridized carbons (Fsp3) is 0.846. The Kier molecular flexibility index (Phi) is 7.09. The molecule has 1 N–H and O–H groups in total. The molecule has 0 aromatic heterocycles. The van der Waals surface area contributed by atoms with Crippen LogP contribution >= 0.6 is 11.6 Å². The van der Waals surface area contributed by atoms with Crippen molar-refractivity contribution in [2.45, 2.75) is 50.3 Å². The van der Waals surface area contributed by atoms with Gasteiger partial charge in [-0.3, -0.25) is 9.59 Å². The van der Waals surface area contributed by atoms with E-state index in [0.717, 1.165) is 25.7 Å². The summed E-state index contributed by atoms with van der Waals surface area (Å²) < 4.78 is 4.50. The SMILES string of the molecule is COC(=O)C(Cl)CNC(=O)C1CCCCCCC1. The second-order valence-electron chi connectivity index (χ2n) is 4.78. The molecule has 1 unspecified atom stereocenters. The monoisotopic (exact) mass is 275 g/mol. The van der Waals surface area contributed by atoms with Gasteiger partial charge in [0, 0.05) is 12.5 Å². The van der Waals surface area contributed by atoms with E-state index in [-0.39, 0.29) is 18.4 Å². The normalized spacial score (nSPS) is 19.4. The molecule has 1 aliphatic carbocycles. The van der Waals surface area contributed by atoms with Gasteiger partial charge in [-0.2, -0.15) is 0 Å². The summed E-state index contributed by atoms with van der Waals surface area (Å²) in [6.45, 7) is 0.142. The Labute approximate surface area is 113 Å². The van der Waals surface area contributed by atoms with E-state index in [9.17, 15) is 9.59 Å². The van der Waals surface area contributed by atoms with Crippen molar-refractivity contribution in [2.75, 3.05) is 13.7 Å². The summed E-state index contributed by atoms with van der Waals surface area (Å²) in [4.78, 5) is 23.1. The van der Waals surface area contributed by atoms with Crippen LogP contribution < -0.4 is 5.32 Å². The number of carbonyl (C=O) groups is 2. The Morgan fingerprint density at radius 2 is 1.78 bits per heavy atom. The Morgan fingerprint density at radius 1 is 1.22 bits per heavy atom. The predicted octanol–water partition coefficient (Wildman–Crippen LogP) is 2.24. The van der Waals surface area contributed by atoms with Gasteiger partial charge >= 0.3 is 5.97 Å². The third-order valence-electron chi connectivity index (χ3n) is 3.39. The van der Waals surface area contributed by atoms with Crippen LogP contribution in [-0.2, 0) is 14.3 Å². The molecule has 1 rings (SSSR count). The standard InChI is InChI=1S/C13H22ClNO3/c1-18-13(17)11(14)9-15-12(16)10-7-5-3-2-4-6-8-10/h10-11H,2-9H2,1H3,(H,15,16). The molecule has 1 atom stereocenters. The second kappa shape index (κ2) is 8.35. The zero-order valence-corrected chi connectivity index (χ0v) is 11.7. The Bertz CT molecular complexity index is 275. The Hall–Kier alpha value is -0.770. The van der Waals surface area contributed by atoms with Crippen molar-refractivity contribution in [2.24, 2.45) is 5.92 Å². The van der Waals surface area contributed by atoms with E-state index in [1.54, 1.807) is 0 Å². The van der Waals surface area contributed by atoms with Gasteiger partial charge in [0.2, 0.25) is 5.91 Å².